The monoisotopic (exact) mass is 362 g/mol. The Kier molecular flexibility index (Phi) is 5.66. The molecule has 6 nitrogen and oxygen atoms in total. The molecule has 138 valence electrons. The maximum absolute atomic E-state index is 11.9. The Bertz CT molecular complexity index is 939. The van der Waals surface area contributed by atoms with Crippen LogP contribution in [0.2, 0.25) is 0 Å². The first kappa shape index (κ1) is 18.4. The zero-order valence-electron chi connectivity index (χ0n) is 15.6. The van der Waals surface area contributed by atoms with Gasteiger partial charge in [0.05, 0.1) is 18.4 Å². The van der Waals surface area contributed by atoms with Crippen LogP contribution in [0.3, 0.4) is 0 Å². The summed E-state index contributed by atoms with van der Waals surface area (Å²) in [6.45, 7) is 4.55. The van der Waals surface area contributed by atoms with Crippen LogP contribution in [0.5, 0.6) is 0 Å². The predicted molar refractivity (Wildman–Crippen MR) is 106 cm³/mol. The Morgan fingerprint density at radius 1 is 1.00 bits per heavy atom. The SMILES string of the molecule is COC(=O)c1ccccc1Nc1cc(NCc2ccc(C)cc2)nc(C)n1. The fourth-order valence-corrected chi connectivity index (χ4v) is 2.64. The van der Waals surface area contributed by atoms with Gasteiger partial charge in [-0.05, 0) is 31.5 Å². The first-order valence-corrected chi connectivity index (χ1v) is 8.64. The zero-order valence-corrected chi connectivity index (χ0v) is 15.6. The van der Waals surface area contributed by atoms with Crippen molar-refractivity contribution in [1.29, 1.82) is 0 Å². The van der Waals surface area contributed by atoms with E-state index in [4.69, 9.17) is 4.74 Å². The number of anilines is 3. The molecule has 0 atom stereocenters. The molecule has 6 heteroatoms. The van der Waals surface area contributed by atoms with Gasteiger partial charge in [-0.25, -0.2) is 14.8 Å². The molecule has 2 N–H and O–H groups in total. The van der Waals surface area contributed by atoms with Crippen molar-refractivity contribution in [2.75, 3.05) is 17.7 Å². The van der Waals surface area contributed by atoms with Gasteiger partial charge in [0.15, 0.2) is 0 Å². The van der Waals surface area contributed by atoms with Crippen LogP contribution < -0.4 is 10.6 Å². The maximum Gasteiger partial charge on any atom is 0.339 e. The second kappa shape index (κ2) is 8.31. The second-order valence-corrected chi connectivity index (χ2v) is 6.19. The van der Waals surface area contributed by atoms with E-state index in [1.165, 1.54) is 18.2 Å². The van der Waals surface area contributed by atoms with Crippen LogP contribution in [0.1, 0.15) is 27.3 Å². The van der Waals surface area contributed by atoms with Crippen molar-refractivity contribution in [1.82, 2.24) is 9.97 Å². The zero-order chi connectivity index (χ0) is 19.2. The number of aryl methyl sites for hydroxylation is 2. The highest BCUT2D eigenvalue weighted by Crippen LogP contribution is 2.22. The molecule has 3 rings (SSSR count). The molecule has 0 saturated heterocycles. The van der Waals surface area contributed by atoms with Gasteiger partial charge in [0.25, 0.3) is 0 Å². The average Bonchev–Trinajstić information content (AvgIpc) is 2.67. The lowest BCUT2D eigenvalue weighted by molar-refractivity contribution is 0.0602. The summed E-state index contributed by atoms with van der Waals surface area (Å²) in [5, 5.41) is 6.50. The minimum atomic E-state index is -0.401. The Balaban J connectivity index is 1.78. The van der Waals surface area contributed by atoms with Crippen molar-refractivity contribution in [3.8, 4) is 0 Å². The fourth-order valence-electron chi connectivity index (χ4n) is 2.64. The first-order chi connectivity index (χ1) is 13.0. The van der Waals surface area contributed by atoms with Crippen molar-refractivity contribution in [3.05, 3.63) is 77.1 Å². The van der Waals surface area contributed by atoms with Gasteiger partial charge in [-0.1, -0.05) is 42.0 Å². The minimum absolute atomic E-state index is 0.401. The molecule has 1 aromatic heterocycles. The molecule has 0 unspecified atom stereocenters. The highest BCUT2D eigenvalue weighted by atomic mass is 16.5. The summed E-state index contributed by atoms with van der Waals surface area (Å²) in [6, 6.07) is 17.3. The number of rotatable bonds is 6. The standard InChI is InChI=1S/C21H22N4O2/c1-14-8-10-16(11-9-14)13-22-19-12-20(24-15(2)23-19)25-18-7-5-4-6-17(18)21(26)27-3/h4-12H,13H2,1-3H3,(H2,22,23,24,25). The summed E-state index contributed by atoms with van der Waals surface area (Å²) in [4.78, 5) is 20.8. The average molecular weight is 362 g/mol. The van der Waals surface area contributed by atoms with Crippen molar-refractivity contribution in [3.63, 3.8) is 0 Å². The van der Waals surface area contributed by atoms with Crippen molar-refractivity contribution < 1.29 is 9.53 Å². The summed E-state index contributed by atoms with van der Waals surface area (Å²) in [5.74, 6) is 1.54. The van der Waals surface area contributed by atoms with E-state index in [0.29, 0.717) is 35.3 Å². The number of ether oxygens (including phenoxy) is 1. The molecule has 0 aliphatic heterocycles. The maximum atomic E-state index is 11.9. The number of benzene rings is 2. The Hall–Kier alpha value is -3.41. The van der Waals surface area contributed by atoms with Crippen LogP contribution in [0, 0.1) is 13.8 Å². The van der Waals surface area contributed by atoms with E-state index in [-0.39, 0.29) is 0 Å². The third-order valence-corrected chi connectivity index (χ3v) is 4.03. The molecular weight excluding hydrogens is 340 g/mol. The van der Waals surface area contributed by atoms with Gasteiger partial charge < -0.3 is 15.4 Å². The number of nitrogens with zero attached hydrogens (tertiary/aromatic N) is 2. The molecule has 0 aliphatic carbocycles. The molecule has 2 aromatic carbocycles. The number of aromatic nitrogens is 2. The lowest BCUT2D eigenvalue weighted by Crippen LogP contribution is -2.08. The van der Waals surface area contributed by atoms with Crippen LogP contribution in [-0.4, -0.2) is 23.0 Å². The number of carbonyl (C=O) groups is 1. The number of carbonyl (C=O) groups excluding carboxylic acids is 1. The second-order valence-electron chi connectivity index (χ2n) is 6.19. The molecule has 0 amide bonds. The summed E-state index contributed by atoms with van der Waals surface area (Å²) >= 11 is 0. The summed E-state index contributed by atoms with van der Waals surface area (Å²) in [5.41, 5.74) is 3.48. The number of methoxy groups -OCH3 is 1. The van der Waals surface area contributed by atoms with Crippen molar-refractivity contribution in [2.24, 2.45) is 0 Å². The lowest BCUT2D eigenvalue weighted by atomic mass is 10.1. The molecule has 3 aromatic rings. The summed E-state index contributed by atoms with van der Waals surface area (Å²) < 4.78 is 4.83. The highest BCUT2D eigenvalue weighted by Gasteiger charge is 2.12. The van der Waals surface area contributed by atoms with E-state index >= 15 is 0 Å². The molecular formula is C21H22N4O2. The largest absolute Gasteiger partial charge is 0.465 e. The molecule has 0 bridgehead atoms. The van der Waals surface area contributed by atoms with E-state index in [2.05, 4.69) is 51.8 Å². The van der Waals surface area contributed by atoms with Crippen LogP contribution in [0.25, 0.3) is 0 Å². The molecule has 0 aliphatic rings. The van der Waals surface area contributed by atoms with Gasteiger partial charge in [0.2, 0.25) is 0 Å². The molecule has 0 radical (unpaired) electrons. The molecule has 27 heavy (non-hydrogen) atoms. The highest BCUT2D eigenvalue weighted by molar-refractivity contribution is 5.96. The number of nitrogens with one attached hydrogen (secondary N) is 2. The van der Waals surface area contributed by atoms with Crippen molar-refractivity contribution in [2.45, 2.75) is 20.4 Å². The molecule has 1 heterocycles. The molecule has 0 saturated carbocycles. The third kappa shape index (κ3) is 4.82. The van der Waals surface area contributed by atoms with E-state index in [1.807, 2.05) is 25.1 Å². The quantitative estimate of drug-likeness (QED) is 0.639. The molecule has 0 fully saturated rings. The topological polar surface area (TPSA) is 76.1 Å². The van der Waals surface area contributed by atoms with Crippen LogP contribution in [-0.2, 0) is 11.3 Å². The number of esters is 1. The molecule has 0 spiro atoms. The Morgan fingerprint density at radius 2 is 1.70 bits per heavy atom. The smallest absolute Gasteiger partial charge is 0.339 e. The van der Waals surface area contributed by atoms with Gasteiger partial charge in [0, 0.05) is 12.6 Å². The van der Waals surface area contributed by atoms with Gasteiger partial charge in [0.1, 0.15) is 17.5 Å². The Labute approximate surface area is 158 Å². The Morgan fingerprint density at radius 3 is 2.44 bits per heavy atom. The van der Waals surface area contributed by atoms with E-state index < -0.39 is 5.97 Å². The van der Waals surface area contributed by atoms with Crippen LogP contribution >= 0.6 is 0 Å². The first-order valence-electron chi connectivity index (χ1n) is 8.64. The summed E-state index contributed by atoms with van der Waals surface area (Å²) in [6.07, 6.45) is 0. The normalized spacial score (nSPS) is 10.3. The van der Waals surface area contributed by atoms with Gasteiger partial charge >= 0.3 is 5.97 Å². The van der Waals surface area contributed by atoms with E-state index in [1.54, 1.807) is 12.1 Å². The third-order valence-electron chi connectivity index (χ3n) is 4.03. The number of para-hydroxylation sites is 1. The summed E-state index contributed by atoms with van der Waals surface area (Å²) in [7, 11) is 1.36. The van der Waals surface area contributed by atoms with Gasteiger partial charge in [-0.2, -0.15) is 0 Å². The van der Waals surface area contributed by atoms with Crippen LogP contribution in [0.15, 0.2) is 54.6 Å². The number of hydrogen-bond acceptors (Lipinski definition) is 6. The van der Waals surface area contributed by atoms with E-state index in [9.17, 15) is 4.79 Å². The van der Waals surface area contributed by atoms with Crippen LogP contribution in [0.4, 0.5) is 17.3 Å². The fraction of sp³-hybridized carbons (Fsp3) is 0.190. The van der Waals surface area contributed by atoms with Crippen molar-refractivity contribution >= 4 is 23.3 Å². The van der Waals surface area contributed by atoms with Gasteiger partial charge in [-0.3, -0.25) is 0 Å². The van der Waals surface area contributed by atoms with Gasteiger partial charge in [-0.15, -0.1) is 0 Å². The minimum Gasteiger partial charge on any atom is -0.465 e. The van der Waals surface area contributed by atoms with E-state index in [0.717, 1.165) is 0 Å². The number of hydrogen-bond donors (Lipinski definition) is 2. The lowest BCUT2D eigenvalue weighted by Gasteiger charge is -2.12. The predicted octanol–water partition coefficient (Wildman–Crippen LogP) is 4.24.